The Balaban J connectivity index is 2.41. The number of anilines is 3. The summed E-state index contributed by atoms with van der Waals surface area (Å²) in [5, 5.41) is 6.01. The van der Waals surface area contributed by atoms with Crippen LogP contribution in [0.3, 0.4) is 0 Å². The molecule has 0 saturated heterocycles. The van der Waals surface area contributed by atoms with Crippen molar-refractivity contribution in [3.63, 3.8) is 0 Å². The Kier molecular flexibility index (Phi) is 7.11. The summed E-state index contributed by atoms with van der Waals surface area (Å²) in [6.07, 6.45) is 0.749. The van der Waals surface area contributed by atoms with Crippen LogP contribution in [0.1, 0.15) is 36.3 Å². The van der Waals surface area contributed by atoms with Crippen LogP contribution >= 0.6 is 0 Å². The summed E-state index contributed by atoms with van der Waals surface area (Å²) in [7, 11) is 1.50. The van der Waals surface area contributed by atoms with E-state index in [1.807, 2.05) is 0 Å². The summed E-state index contributed by atoms with van der Waals surface area (Å²) in [6, 6.07) is 4.29. The third kappa shape index (κ3) is 5.53. The maximum Gasteiger partial charge on any atom is 0.252 e. The van der Waals surface area contributed by atoms with Crippen molar-refractivity contribution in [1.82, 2.24) is 9.97 Å². The van der Waals surface area contributed by atoms with E-state index >= 15 is 0 Å². The normalized spacial score (nSPS) is 12.0. The van der Waals surface area contributed by atoms with Crippen molar-refractivity contribution in [2.45, 2.75) is 33.2 Å². The Morgan fingerprint density at radius 2 is 1.96 bits per heavy atom. The molecule has 8 nitrogen and oxygen atoms in total. The van der Waals surface area contributed by atoms with Crippen LogP contribution in [0.2, 0.25) is 0 Å². The molecule has 0 aromatic carbocycles. The van der Waals surface area contributed by atoms with Crippen LogP contribution < -0.4 is 26.8 Å². The molecule has 0 spiro atoms. The number of ether oxygens (including phenoxy) is 1. The minimum absolute atomic E-state index is 0.00124. The van der Waals surface area contributed by atoms with Gasteiger partial charge in [0.15, 0.2) is 11.6 Å². The van der Waals surface area contributed by atoms with Gasteiger partial charge in [-0.3, -0.25) is 4.79 Å². The zero-order valence-corrected chi connectivity index (χ0v) is 16.5. The van der Waals surface area contributed by atoms with Crippen molar-refractivity contribution in [1.29, 1.82) is 0 Å². The lowest BCUT2D eigenvalue weighted by molar-refractivity contribution is 0.100. The van der Waals surface area contributed by atoms with Gasteiger partial charge in [-0.05, 0) is 31.4 Å². The summed E-state index contributed by atoms with van der Waals surface area (Å²) in [5.41, 5.74) is 12.4. The van der Waals surface area contributed by atoms with Crippen LogP contribution in [0.5, 0.6) is 5.88 Å². The molecule has 28 heavy (non-hydrogen) atoms. The number of halogens is 1. The predicted octanol–water partition coefficient (Wildman–Crippen LogP) is 2.56. The quantitative estimate of drug-likeness (QED) is 0.518. The molecule has 0 aliphatic rings. The number of nitrogens with two attached hydrogens (primary N) is 2. The summed E-state index contributed by atoms with van der Waals surface area (Å²) < 4.78 is 19.7. The van der Waals surface area contributed by atoms with Gasteiger partial charge >= 0.3 is 0 Å². The van der Waals surface area contributed by atoms with E-state index in [9.17, 15) is 9.18 Å². The van der Waals surface area contributed by atoms with Gasteiger partial charge in [0.25, 0.3) is 5.91 Å². The number of methoxy groups -OCH3 is 1. The van der Waals surface area contributed by atoms with E-state index in [0.29, 0.717) is 29.7 Å². The second-order valence-electron chi connectivity index (χ2n) is 6.95. The first kappa shape index (κ1) is 21.4. The van der Waals surface area contributed by atoms with Crippen molar-refractivity contribution in [2.24, 2.45) is 17.4 Å². The fourth-order valence-corrected chi connectivity index (χ4v) is 2.80. The van der Waals surface area contributed by atoms with Crippen LogP contribution in [-0.4, -0.2) is 35.6 Å². The molecule has 2 aromatic heterocycles. The first-order valence-corrected chi connectivity index (χ1v) is 9.00. The first-order valence-electron chi connectivity index (χ1n) is 9.00. The summed E-state index contributed by atoms with van der Waals surface area (Å²) in [6.45, 7) is 6.22. The average Bonchev–Trinajstić information content (AvgIpc) is 2.62. The topological polar surface area (TPSA) is 128 Å². The highest BCUT2D eigenvalue weighted by Gasteiger charge is 2.19. The number of hydrogen-bond donors (Lipinski definition) is 4. The number of primary amides is 1. The number of pyridine rings is 2. The number of hydrogen-bond acceptors (Lipinski definition) is 7. The fraction of sp³-hybridized carbons (Fsp3) is 0.421. The van der Waals surface area contributed by atoms with Crippen LogP contribution in [0.4, 0.5) is 21.7 Å². The predicted molar refractivity (Wildman–Crippen MR) is 107 cm³/mol. The molecule has 0 bridgehead atoms. The molecular formula is C19H27FN6O2. The molecule has 9 heteroatoms. The molecule has 0 aliphatic heterocycles. The fourth-order valence-electron chi connectivity index (χ4n) is 2.80. The van der Waals surface area contributed by atoms with E-state index in [1.54, 1.807) is 19.1 Å². The highest BCUT2D eigenvalue weighted by Crippen LogP contribution is 2.26. The number of carbonyl (C=O) groups excluding carboxylic acids is 1. The number of aryl methyl sites for hydroxylation is 1. The van der Waals surface area contributed by atoms with E-state index in [4.69, 9.17) is 16.2 Å². The van der Waals surface area contributed by atoms with Crippen molar-refractivity contribution in [2.75, 3.05) is 24.3 Å². The van der Waals surface area contributed by atoms with Crippen LogP contribution in [0.25, 0.3) is 0 Å². The highest BCUT2D eigenvalue weighted by molar-refractivity contribution is 5.98. The molecule has 0 unspecified atom stereocenters. The lowest BCUT2D eigenvalue weighted by atomic mass is 10.0. The monoisotopic (exact) mass is 390 g/mol. The van der Waals surface area contributed by atoms with E-state index in [0.717, 1.165) is 12.5 Å². The standard InChI is InChI=1S/C19H27FN6O2/c1-10(2)5-13(9-21)25-19-15(20)8-14(17(22)27)18(26-19)24-12-6-11(3)23-16(7-12)28-4/h6-8,10,13H,5,9,21H2,1-4H3,(H2,22,27)(H2,23,24,25,26)/t13-/m1/s1. The Morgan fingerprint density at radius 3 is 2.54 bits per heavy atom. The lowest BCUT2D eigenvalue weighted by Crippen LogP contribution is -2.31. The van der Waals surface area contributed by atoms with Gasteiger partial charge in [-0.1, -0.05) is 13.8 Å². The number of aromatic nitrogens is 2. The third-order valence-electron chi connectivity index (χ3n) is 4.02. The molecular weight excluding hydrogens is 363 g/mol. The van der Waals surface area contributed by atoms with Crippen molar-refractivity contribution < 1.29 is 13.9 Å². The van der Waals surface area contributed by atoms with Crippen molar-refractivity contribution in [3.05, 3.63) is 35.3 Å². The number of amides is 1. The molecule has 0 saturated carbocycles. The van der Waals surface area contributed by atoms with Crippen LogP contribution in [0.15, 0.2) is 18.2 Å². The Labute approximate surface area is 163 Å². The minimum Gasteiger partial charge on any atom is -0.481 e. The molecule has 1 amide bonds. The largest absolute Gasteiger partial charge is 0.481 e. The van der Waals surface area contributed by atoms with Gasteiger partial charge in [0.05, 0.1) is 12.7 Å². The molecule has 1 atom stereocenters. The number of nitrogens with zero attached hydrogens (tertiary/aromatic N) is 2. The van der Waals surface area contributed by atoms with E-state index in [1.165, 1.54) is 7.11 Å². The lowest BCUT2D eigenvalue weighted by Gasteiger charge is -2.21. The van der Waals surface area contributed by atoms with E-state index in [2.05, 4.69) is 34.4 Å². The van der Waals surface area contributed by atoms with Crippen molar-refractivity contribution >= 4 is 23.2 Å². The van der Waals surface area contributed by atoms with E-state index in [-0.39, 0.29) is 23.2 Å². The average molecular weight is 390 g/mol. The summed E-state index contributed by atoms with van der Waals surface area (Å²) in [5.74, 6) is -0.575. The summed E-state index contributed by atoms with van der Waals surface area (Å²) >= 11 is 0. The maximum absolute atomic E-state index is 14.5. The maximum atomic E-state index is 14.5. The second kappa shape index (κ2) is 9.32. The van der Waals surface area contributed by atoms with Gasteiger partial charge in [-0.25, -0.2) is 14.4 Å². The molecule has 6 N–H and O–H groups in total. The number of rotatable bonds is 9. The Hall–Kier alpha value is -2.94. The third-order valence-corrected chi connectivity index (χ3v) is 4.02. The van der Waals surface area contributed by atoms with Gasteiger partial charge < -0.3 is 26.8 Å². The summed E-state index contributed by atoms with van der Waals surface area (Å²) in [4.78, 5) is 20.2. The van der Waals surface area contributed by atoms with Gasteiger partial charge in [-0.15, -0.1) is 0 Å². The van der Waals surface area contributed by atoms with Crippen molar-refractivity contribution in [3.8, 4) is 5.88 Å². The van der Waals surface area contributed by atoms with Gasteiger partial charge in [0, 0.05) is 30.0 Å². The van der Waals surface area contributed by atoms with Gasteiger partial charge in [-0.2, -0.15) is 0 Å². The molecule has 0 radical (unpaired) electrons. The van der Waals surface area contributed by atoms with Gasteiger partial charge in [0.2, 0.25) is 5.88 Å². The Bertz CT molecular complexity index is 843. The molecule has 2 heterocycles. The number of carbonyl (C=O) groups is 1. The highest BCUT2D eigenvalue weighted by atomic mass is 19.1. The molecule has 152 valence electrons. The zero-order valence-electron chi connectivity index (χ0n) is 16.5. The minimum atomic E-state index is -0.796. The van der Waals surface area contributed by atoms with Crippen LogP contribution in [0, 0.1) is 18.7 Å². The second-order valence-corrected chi connectivity index (χ2v) is 6.95. The smallest absolute Gasteiger partial charge is 0.252 e. The molecule has 2 rings (SSSR count). The SMILES string of the molecule is COc1cc(Nc2nc(N[C@@H](CN)CC(C)C)c(F)cc2C(N)=O)cc(C)n1. The molecule has 0 aliphatic carbocycles. The van der Waals surface area contributed by atoms with Gasteiger partial charge in [0.1, 0.15) is 5.82 Å². The van der Waals surface area contributed by atoms with Crippen LogP contribution in [-0.2, 0) is 0 Å². The molecule has 2 aromatic rings. The Morgan fingerprint density at radius 1 is 1.25 bits per heavy atom. The molecule has 0 fully saturated rings. The first-order chi connectivity index (χ1) is 13.2. The van der Waals surface area contributed by atoms with E-state index < -0.39 is 11.7 Å². The zero-order chi connectivity index (χ0) is 20.8. The number of nitrogens with one attached hydrogen (secondary N) is 2.